The van der Waals surface area contributed by atoms with Crippen molar-refractivity contribution in [1.82, 2.24) is 0 Å². The molecule has 4 nitrogen and oxygen atoms in total. The lowest BCUT2D eigenvalue weighted by atomic mass is 10.2. The number of amides is 1. The number of rotatable bonds is 4. The van der Waals surface area contributed by atoms with Crippen LogP contribution in [-0.4, -0.2) is 12.0 Å². The monoisotopic (exact) mass is 334 g/mol. The van der Waals surface area contributed by atoms with Crippen LogP contribution in [0.2, 0.25) is 10.0 Å². The lowest BCUT2D eigenvalue weighted by Gasteiger charge is -2.15. The van der Waals surface area contributed by atoms with E-state index in [0.29, 0.717) is 27.0 Å². The Morgan fingerprint density at radius 2 is 1.86 bits per heavy atom. The summed E-state index contributed by atoms with van der Waals surface area (Å²) in [6.45, 7) is 1.63. The van der Waals surface area contributed by atoms with E-state index in [1.165, 1.54) is 0 Å². The number of ether oxygens (including phenoxy) is 1. The lowest BCUT2D eigenvalue weighted by molar-refractivity contribution is -0.122. The summed E-state index contributed by atoms with van der Waals surface area (Å²) in [5, 5.41) is 12.2. The molecule has 2 aromatic carbocycles. The number of benzene rings is 2. The molecule has 0 aromatic heterocycles. The van der Waals surface area contributed by atoms with E-state index in [9.17, 15) is 4.79 Å². The van der Waals surface area contributed by atoms with Crippen LogP contribution in [0.5, 0.6) is 5.75 Å². The van der Waals surface area contributed by atoms with Crippen molar-refractivity contribution < 1.29 is 9.53 Å². The highest BCUT2D eigenvalue weighted by molar-refractivity contribution is 6.42. The summed E-state index contributed by atoms with van der Waals surface area (Å²) in [6.07, 6.45) is -0.715. The Labute approximate surface area is 138 Å². The molecule has 6 heteroatoms. The average Bonchev–Trinajstić information content (AvgIpc) is 2.51. The van der Waals surface area contributed by atoms with E-state index in [1.807, 2.05) is 6.07 Å². The third-order valence-electron chi connectivity index (χ3n) is 2.85. The zero-order valence-electron chi connectivity index (χ0n) is 11.6. The first-order chi connectivity index (χ1) is 10.5. The van der Waals surface area contributed by atoms with Crippen molar-refractivity contribution in [3.8, 4) is 11.8 Å². The minimum absolute atomic E-state index is 0.309. The van der Waals surface area contributed by atoms with Gasteiger partial charge in [0.05, 0.1) is 21.7 Å². The second kappa shape index (κ2) is 7.17. The van der Waals surface area contributed by atoms with Crippen LogP contribution in [0.4, 0.5) is 5.69 Å². The number of nitrogens with zero attached hydrogens (tertiary/aromatic N) is 1. The highest BCUT2D eigenvalue weighted by atomic mass is 35.5. The van der Waals surface area contributed by atoms with Gasteiger partial charge in [0, 0.05) is 11.8 Å². The van der Waals surface area contributed by atoms with Gasteiger partial charge in [-0.1, -0.05) is 23.2 Å². The van der Waals surface area contributed by atoms with Gasteiger partial charge in [-0.25, -0.2) is 0 Å². The van der Waals surface area contributed by atoms with Gasteiger partial charge >= 0.3 is 0 Å². The Hall–Kier alpha value is -2.22. The molecule has 2 aromatic rings. The fourth-order valence-electron chi connectivity index (χ4n) is 1.68. The number of halogens is 2. The molecule has 112 valence electrons. The summed E-state index contributed by atoms with van der Waals surface area (Å²) < 4.78 is 5.52. The first kappa shape index (κ1) is 16.2. The molecule has 0 spiro atoms. The smallest absolute Gasteiger partial charge is 0.265 e. The molecule has 1 amide bonds. The van der Waals surface area contributed by atoms with Gasteiger partial charge in [0.2, 0.25) is 0 Å². The Balaban J connectivity index is 1.99. The van der Waals surface area contributed by atoms with Gasteiger partial charge in [-0.2, -0.15) is 5.26 Å². The van der Waals surface area contributed by atoms with Crippen LogP contribution >= 0.6 is 23.2 Å². The summed E-state index contributed by atoms with van der Waals surface area (Å²) in [4.78, 5) is 12.1. The summed E-state index contributed by atoms with van der Waals surface area (Å²) in [7, 11) is 0. The number of carbonyl (C=O) groups excluding carboxylic acids is 1. The van der Waals surface area contributed by atoms with Gasteiger partial charge in [-0.3, -0.25) is 4.79 Å². The number of anilines is 1. The molecule has 1 N–H and O–H groups in total. The summed E-state index contributed by atoms with van der Waals surface area (Å²) in [5.41, 5.74) is 1.12. The summed E-state index contributed by atoms with van der Waals surface area (Å²) in [5.74, 6) is 0.146. The quantitative estimate of drug-likeness (QED) is 0.907. The number of carbonyl (C=O) groups is 1. The zero-order valence-corrected chi connectivity index (χ0v) is 13.2. The van der Waals surface area contributed by atoms with Crippen LogP contribution in [0, 0.1) is 11.3 Å². The fourth-order valence-corrected chi connectivity index (χ4v) is 1.97. The molecular formula is C16H12Cl2N2O2. The number of hydrogen-bond donors (Lipinski definition) is 1. The van der Waals surface area contributed by atoms with E-state index in [4.69, 9.17) is 33.2 Å². The Bertz CT molecular complexity index is 724. The van der Waals surface area contributed by atoms with E-state index in [2.05, 4.69) is 5.32 Å². The minimum Gasteiger partial charge on any atom is -0.481 e. The molecule has 0 aliphatic rings. The van der Waals surface area contributed by atoms with Crippen molar-refractivity contribution in [3.63, 3.8) is 0 Å². The predicted octanol–water partition coefficient (Wildman–Crippen LogP) is 4.27. The molecule has 0 aliphatic carbocycles. The third-order valence-corrected chi connectivity index (χ3v) is 3.59. The van der Waals surface area contributed by atoms with Crippen LogP contribution in [0.1, 0.15) is 12.5 Å². The van der Waals surface area contributed by atoms with Crippen molar-refractivity contribution in [1.29, 1.82) is 5.26 Å². The molecule has 0 fully saturated rings. The van der Waals surface area contributed by atoms with E-state index >= 15 is 0 Å². The van der Waals surface area contributed by atoms with E-state index in [-0.39, 0.29) is 5.91 Å². The Morgan fingerprint density at radius 1 is 1.18 bits per heavy atom. The van der Waals surface area contributed by atoms with Crippen LogP contribution in [0.15, 0.2) is 42.5 Å². The van der Waals surface area contributed by atoms with Crippen LogP contribution in [0.25, 0.3) is 0 Å². The minimum atomic E-state index is -0.715. The Kier molecular flexibility index (Phi) is 5.26. The van der Waals surface area contributed by atoms with Gasteiger partial charge in [-0.05, 0) is 43.3 Å². The molecule has 0 bridgehead atoms. The predicted molar refractivity (Wildman–Crippen MR) is 86.3 cm³/mol. The lowest BCUT2D eigenvalue weighted by Crippen LogP contribution is -2.30. The zero-order chi connectivity index (χ0) is 16.1. The molecule has 1 atom stereocenters. The molecule has 0 aliphatic heterocycles. The Morgan fingerprint density at radius 3 is 2.45 bits per heavy atom. The fraction of sp³-hybridized carbons (Fsp3) is 0.125. The number of hydrogen-bond acceptors (Lipinski definition) is 3. The van der Waals surface area contributed by atoms with Crippen molar-refractivity contribution in [3.05, 3.63) is 58.1 Å². The molecule has 0 saturated heterocycles. The molecule has 22 heavy (non-hydrogen) atoms. The van der Waals surface area contributed by atoms with Crippen molar-refractivity contribution in [2.75, 3.05) is 5.32 Å². The molecular weight excluding hydrogens is 323 g/mol. The highest BCUT2D eigenvalue weighted by Gasteiger charge is 2.15. The van der Waals surface area contributed by atoms with E-state index in [0.717, 1.165) is 0 Å². The number of nitrogens with one attached hydrogen (secondary N) is 1. The summed E-state index contributed by atoms with van der Waals surface area (Å²) >= 11 is 11.7. The van der Waals surface area contributed by atoms with Crippen LogP contribution < -0.4 is 10.1 Å². The normalized spacial score (nSPS) is 11.4. The van der Waals surface area contributed by atoms with Crippen LogP contribution in [-0.2, 0) is 4.79 Å². The first-order valence-electron chi connectivity index (χ1n) is 6.42. The van der Waals surface area contributed by atoms with E-state index in [1.54, 1.807) is 49.4 Å². The maximum Gasteiger partial charge on any atom is 0.265 e. The number of nitriles is 1. The van der Waals surface area contributed by atoms with Gasteiger partial charge in [-0.15, -0.1) is 0 Å². The molecule has 0 heterocycles. The summed E-state index contributed by atoms with van der Waals surface area (Å²) in [6, 6.07) is 13.4. The first-order valence-corrected chi connectivity index (χ1v) is 7.18. The van der Waals surface area contributed by atoms with Gasteiger partial charge < -0.3 is 10.1 Å². The molecule has 0 saturated carbocycles. The largest absolute Gasteiger partial charge is 0.481 e. The van der Waals surface area contributed by atoms with Gasteiger partial charge in [0.1, 0.15) is 5.75 Å². The SMILES string of the molecule is C[C@H](Oc1ccc(Cl)c(Cl)c1)C(=O)Nc1ccc(C#N)cc1. The average molecular weight is 335 g/mol. The topological polar surface area (TPSA) is 62.1 Å². The maximum atomic E-state index is 12.1. The molecule has 0 radical (unpaired) electrons. The van der Waals surface area contributed by atoms with E-state index < -0.39 is 6.10 Å². The second-order valence-electron chi connectivity index (χ2n) is 4.51. The van der Waals surface area contributed by atoms with Crippen molar-refractivity contribution in [2.24, 2.45) is 0 Å². The third kappa shape index (κ3) is 4.14. The van der Waals surface area contributed by atoms with Crippen molar-refractivity contribution in [2.45, 2.75) is 13.0 Å². The van der Waals surface area contributed by atoms with Gasteiger partial charge in [0.25, 0.3) is 5.91 Å². The van der Waals surface area contributed by atoms with Gasteiger partial charge in [0.15, 0.2) is 6.10 Å². The molecule has 0 unspecified atom stereocenters. The van der Waals surface area contributed by atoms with Crippen molar-refractivity contribution >= 4 is 34.8 Å². The maximum absolute atomic E-state index is 12.1. The second-order valence-corrected chi connectivity index (χ2v) is 5.33. The van der Waals surface area contributed by atoms with Crippen LogP contribution in [0.3, 0.4) is 0 Å². The highest BCUT2D eigenvalue weighted by Crippen LogP contribution is 2.27. The molecule has 2 rings (SSSR count). The standard InChI is InChI=1S/C16H12Cl2N2O2/c1-10(22-13-6-7-14(17)15(18)8-13)16(21)20-12-4-2-11(9-19)3-5-12/h2-8,10H,1H3,(H,20,21)/t10-/m0/s1.